The second-order valence-electron chi connectivity index (χ2n) is 7.59. The number of pyridine rings is 1. The van der Waals surface area contributed by atoms with Crippen molar-refractivity contribution in [1.82, 2.24) is 9.88 Å². The molecule has 0 saturated carbocycles. The van der Waals surface area contributed by atoms with Crippen molar-refractivity contribution in [2.24, 2.45) is 0 Å². The molecule has 2 N–H and O–H groups in total. The van der Waals surface area contributed by atoms with Crippen molar-refractivity contribution in [2.75, 3.05) is 30.4 Å². The molecule has 1 aromatic heterocycles. The summed E-state index contributed by atoms with van der Waals surface area (Å²) in [5.41, 5.74) is 2.87. The number of amides is 3. The molecule has 29 heavy (non-hydrogen) atoms. The van der Waals surface area contributed by atoms with E-state index in [1.54, 1.807) is 12.1 Å². The number of anilines is 2. The van der Waals surface area contributed by atoms with Gasteiger partial charge in [-0.1, -0.05) is 12.1 Å². The first kappa shape index (κ1) is 18.1. The largest absolute Gasteiger partial charge is 0.347 e. The van der Waals surface area contributed by atoms with Crippen LogP contribution in [0.2, 0.25) is 0 Å². The lowest BCUT2D eigenvalue weighted by Crippen LogP contribution is -2.46. The van der Waals surface area contributed by atoms with Gasteiger partial charge >= 0.3 is 6.03 Å². The van der Waals surface area contributed by atoms with Crippen molar-refractivity contribution in [3.63, 3.8) is 0 Å². The van der Waals surface area contributed by atoms with Crippen LogP contribution in [0.4, 0.5) is 16.3 Å². The Hall–Kier alpha value is -2.97. The number of benzene rings is 1. The van der Waals surface area contributed by atoms with E-state index >= 15 is 0 Å². The van der Waals surface area contributed by atoms with Gasteiger partial charge in [0.15, 0.2) is 5.79 Å². The number of carbonyl (C=O) groups is 2. The second kappa shape index (κ2) is 6.82. The molecule has 1 unspecified atom stereocenters. The van der Waals surface area contributed by atoms with E-state index in [1.807, 2.05) is 36.1 Å². The fraction of sp³-hybridized carbons (Fsp3) is 0.381. The summed E-state index contributed by atoms with van der Waals surface area (Å²) < 4.78 is 11.8. The Morgan fingerprint density at radius 3 is 2.76 bits per heavy atom. The van der Waals surface area contributed by atoms with Gasteiger partial charge in [-0.2, -0.15) is 0 Å². The van der Waals surface area contributed by atoms with E-state index in [9.17, 15) is 9.59 Å². The molecule has 1 aromatic carbocycles. The summed E-state index contributed by atoms with van der Waals surface area (Å²) in [5, 5.41) is 5.64. The Kier molecular flexibility index (Phi) is 4.25. The predicted molar refractivity (Wildman–Crippen MR) is 106 cm³/mol. The summed E-state index contributed by atoms with van der Waals surface area (Å²) in [6, 6.07) is 10.2. The predicted octanol–water partition coefficient (Wildman–Crippen LogP) is 3.07. The smallest absolute Gasteiger partial charge is 0.324 e. The molecule has 0 bridgehead atoms. The quantitative estimate of drug-likeness (QED) is 0.817. The third kappa shape index (κ3) is 3.14. The average molecular weight is 394 g/mol. The molecular weight excluding hydrogens is 372 g/mol. The number of aromatic nitrogens is 1. The molecular formula is C21H22N4O4. The minimum Gasteiger partial charge on any atom is -0.347 e. The number of piperidine rings is 1. The lowest BCUT2D eigenvalue weighted by Gasteiger charge is -2.40. The minimum atomic E-state index is -0.635. The number of rotatable bonds is 2. The number of aryl methyl sites for hydroxylation is 1. The van der Waals surface area contributed by atoms with Crippen LogP contribution in [0.25, 0.3) is 0 Å². The highest BCUT2D eigenvalue weighted by molar-refractivity contribution is 6.05. The lowest BCUT2D eigenvalue weighted by atomic mass is 9.91. The zero-order chi connectivity index (χ0) is 20.0. The topological polar surface area (TPSA) is 92.8 Å². The molecule has 3 amide bonds. The first-order valence-electron chi connectivity index (χ1n) is 9.78. The number of ether oxygens (including phenoxy) is 2. The highest BCUT2D eigenvalue weighted by atomic mass is 16.7. The van der Waals surface area contributed by atoms with E-state index in [0.29, 0.717) is 49.7 Å². The number of hydrogen-bond donors (Lipinski definition) is 2. The van der Waals surface area contributed by atoms with Crippen LogP contribution < -0.4 is 10.6 Å². The summed E-state index contributed by atoms with van der Waals surface area (Å²) in [6.45, 7) is 3.56. The van der Waals surface area contributed by atoms with Gasteiger partial charge in [-0.25, -0.2) is 9.78 Å². The van der Waals surface area contributed by atoms with Crippen LogP contribution >= 0.6 is 0 Å². The molecule has 150 valence electrons. The first-order valence-corrected chi connectivity index (χ1v) is 9.78. The minimum absolute atomic E-state index is 0.0118. The van der Waals surface area contributed by atoms with Crippen molar-refractivity contribution >= 4 is 23.4 Å². The van der Waals surface area contributed by atoms with Crippen LogP contribution in [0.15, 0.2) is 36.4 Å². The second-order valence-corrected chi connectivity index (χ2v) is 7.59. The highest BCUT2D eigenvalue weighted by Gasteiger charge is 2.50. The number of carbonyl (C=O) groups excluding carboxylic acids is 2. The summed E-state index contributed by atoms with van der Waals surface area (Å²) >= 11 is 0. The summed E-state index contributed by atoms with van der Waals surface area (Å²) in [7, 11) is 0. The zero-order valence-electron chi connectivity index (χ0n) is 16.1. The van der Waals surface area contributed by atoms with Crippen molar-refractivity contribution < 1.29 is 19.1 Å². The van der Waals surface area contributed by atoms with Gasteiger partial charge in [-0.05, 0) is 31.2 Å². The van der Waals surface area contributed by atoms with Crippen LogP contribution in [0.1, 0.15) is 40.5 Å². The lowest BCUT2D eigenvalue weighted by molar-refractivity contribution is -0.191. The normalized spacial score (nSPS) is 21.8. The molecule has 8 nitrogen and oxygen atoms in total. The van der Waals surface area contributed by atoms with Crippen LogP contribution in [0.5, 0.6) is 0 Å². The molecule has 3 aliphatic heterocycles. The Bertz CT molecular complexity index is 986. The maximum absolute atomic E-state index is 12.9. The highest BCUT2D eigenvalue weighted by Crippen LogP contribution is 2.48. The Morgan fingerprint density at radius 1 is 1.17 bits per heavy atom. The molecule has 4 heterocycles. The number of nitrogens with zero attached hydrogens (tertiary/aromatic N) is 2. The molecule has 0 radical (unpaired) electrons. The fourth-order valence-electron chi connectivity index (χ4n) is 4.47. The molecule has 8 heteroatoms. The van der Waals surface area contributed by atoms with Gasteiger partial charge < -0.3 is 19.7 Å². The van der Waals surface area contributed by atoms with Gasteiger partial charge in [-0.3, -0.25) is 10.1 Å². The number of hydrogen-bond acceptors (Lipinski definition) is 5. The third-order valence-corrected chi connectivity index (χ3v) is 5.74. The molecule has 2 fully saturated rings. The molecule has 0 aliphatic carbocycles. The van der Waals surface area contributed by atoms with Crippen LogP contribution in [-0.2, 0) is 9.47 Å². The number of nitrogens with one attached hydrogen (secondary N) is 2. The molecule has 2 aromatic rings. The number of fused-ring (bicyclic) bond motifs is 3. The standard InChI is InChI=1S/C21H22N4O4/c1-13-4-2-7-17(22-13)24-20(27)23-15-6-3-5-14-18(15)16-12-21(28-10-11-29-21)8-9-25(16)19(14)26/h2-7,16H,8-12H2,1H3,(H2,22,23,24,27). The third-order valence-electron chi connectivity index (χ3n) is 5.74. The van der Waals surface area contributed by atoms with Crippen molar-refractivity contribution in [2.45, 2.75) is 31.6 Å². The van der Waals surface area contributed by atoms with E-state index in [-0.39, 0.29) is 11.9 Å². The van der Waals surface area contributed by atoms with Gasteiger partial charge in [0.05, 0.1) is 19.3 Å². The fourth-order valence-corrected chi connectivity index (χ4v) is 4.47. The Balaban J connectivity index is 1.42. The Morgan fingerprint density at radius 2 is 1.97 bits per heavy atom. The molecule has 1 atom stereocenters. The summed E-state index contributed by atoms with van der Waals surface area (Å²) in [4.78, 5) is 31.6. The molecule has 2 saturated heterocycles. The van der Waals surface area contributed by atoms with Crippen LogP contribution in [-0.4, -0.2) is 47.4 Å². The van der Waals surface area contributed by atoms with Gasteiger partial charge in [0.25, 0.3) is 5.91 Å². The monoisotopic (exact) mass is 394 g/mol. The molecule has 3 aliphatic rings. The maximum atomic E-state index is 12.9. The van der Waals surface area contributed by atoms with Crippen LogP contribution in [0, 0.1) is 6.92 Å². The van der Waals surface area contributed by atoms with Crippen molar-refractivity contribution in [3.05, 3.63) is 53.2 Å². The van der Waals surface area contributed by atoms with Gasteiger partial charge in [-0.15, -0.1) is 0 Å². The first-order chi connectivity index (χ1) is 14.0. The van der Waals surface area contributed by atoms with Gasteiger partial charge in [0.2, 0.25) is 0 Å². The average Bonchev–Trinajstić information content (AvgIpc) is 3.25. The van der Waals surface area contributed by atoms with E-state index in [1.165, 1.54) is 0 Å². The van der Waals surface area contributed by atoms with Gasteiger partial charge in [0, 0.05) is 41.9 Å². The van der Waals surface area contributed by atoms with Crippen molar-refractivity contribution in [3.8, 4) is 0 Å². The van der Waals surface area contributed by atoms with E-state index in [4.69, 9.17) is 9.47 Å². The zero-order valence-corrected chi connectivity index (χ0v) is 16.1. The summed E-state index contributed by atoms with van der Waals surface area (Å²) in [6.07, 6.45) is 1.22. The van der Waals surface area contributed by atoms with E-state index < -0.39 is 11.8 Å². The van der Waals surface area contributed by atoms with Gasteiger partial charge in [0.1, 0.15) is 5.82 Å². The summed E-state index contributed by atoms with van der Waals surface area (Å²) in [5.74, 6) is -0.177. The Labute approximate surface area is 168 Å². The van der Waals surface area contributed by atoms with Crippen LogP contribution in [0.3, 0.4) is 0 Å². The van der Waals surface area contributed by atoms with E-state index in [0.717, 1.165) is 11.3 Å². The number of urea groups is 1. The maximum Gasteiger partial charge on any atom is 0.324 e. The van der Waals surface area contributed by atoms with Crippen molar-refractivity contribution in [1.29, 1.82) is 0 Å². The van der Waals surface area contributed by atoms with E-state index in [2.05, 4.69) is 15.6 Å². The molecule has 5 rings (SSSR count). The molecule has 1 spiro atoms. The SMILES string of the molecule is Cc1cccc(NC(=O)Nc2cccc3c2C2CC4(CCN2C3=O)OCCO4)n1.